The highest BCUT2D eigenvalue weighted by Gasteiger charge is 2.24. The molecular formula is C15H22ClN3O2. The number of aromatic nitrogens is 3. The number of hydrogen-bond acceptors (Lipinski definition) is 4. The van der Waals surface area contributed by atoms with E-state index < -0.39 is 0 Å². The zero-order chi connectivity index (χ0) is 15.6. The molecule has 2 aromatic rings. The molecule has 21 heavy (non-hydrogen) atoms. The van der Waals surface area contributed by atoms with Crippen LogP contribution in [-0.4, -0.2) is 33.9 Å². The molecule has 0 saturated carbocycles. The maximum atomic E-state index is 6.28. The summed E-state index contributed by atoms with van der Waals surface area (Å²) in [6.45, 7) is 9.27. The van der Waals surface area contributed by atoms with E-state index in [2.05, 4.69) is 9.97 Å². The second-order valence-corrected chi connectivity index (χ2v) is 6.22. The van der Waals surface area contributed by atoms with Crippen molar-refractivity contribution in [1.82, 2.24) is 14.5 Å². The van der Waals surface area contributed by atoms with Gasteiger partial charge in [0.1, 0.15) is 11.3 Å². The molecule has 0 spiro atoms. The minimum Gasteiger partial charge on any atom is -0.481 e. The van der Waals surface area contributed by atoms with E-state index in [0.717, 1.165) is 17.0 Å². The number of rotatable bonds is 6. The summed E-state index contributed by atoms with van der Waals surface area (Å²) in [6.07, 6.45) is 0. The Morgan fingerprint density at radius 1 is 1.33 bits per heavy atom. The van der Waals surface area contributed by atoms with E-state index in [-0.39, 0.29) is 11.0 Å². The molecule has 116 valence electrons. The molecule has 0 radical (unpaired) electrons. The number of nitrogens with zero attached hydrogens (tertiary/aromatic N) is 3. The SMILES string of the molecule is CCOC(C)(C)Cn1c(C(C)Cl)nc2ccc(OC)nc21. The zero-order valence-corrected chi connectivity index (χ0v) is 13.9. The Balaban J connectivity index is 2.54. The lowest BCUT2D eigenvalue weighted by Gasteiger charge is -2.26. The van der Waals surface area contributed by atoms with Crippen LogP contribution >= 0.6 is 11.6 Å². The molecular weight excluding hydrogens is 290 g/mol. The van der Waals surface area contributed by atoms with Gasteiger partial charge >= 0.3 is 0 Å². The van der Waals surface area contributed by atoms with Crippen LogP contribution in [-0.2, 0) is 11.3 Å². The van der Waals surface area contributed by atoms with Crippen molar-refractivity contribution >= 4 is 22.8 Å². The molecule has 0 aromatic carbocycles. The third kappa shape index (κ3) is 3.47. The first-order valence-electron chi connectivity index (χ1n) is 7.07. The number of imidazole rings is 1. The van der Waals surface area contributed by atoms with Crippen LogP contribution in [0.2, 0.25) is 0 Å². The Morgan fingerprint density at radius 2 is 2.05 bits per heavy atom. The third-order valence-corrected chi connectivity index (χ3v) is 3.43. The van der Waals surface area contributed by atoms with E-state index in [4.69, 9.17) is 21.1 Å². The summed E-state index contributed by atoms with van der Waals surface area (Å²) in [7, 11) is 1.60. The largest absolute Gasteiger partial charge is 0.481 e. The van der Waals surface area contributed by atoms with E-state index in [9.17, 15) is 0 Å². The summed E-state index contributed by atoms with van der Waals surface area (Å²) in [6, 6.07) is 3.70. The molecule has 5 nitrogen and oxygen atoms in total. The van der Waals surface area contributed by atoms with Gasteiger partial charge in [-0.2, -0.15) is 4.98 Å². The van der Waals surface area contributed by atoms with Crippen molar-refractivity contribution < 1.29 is 9.47 Å². The predicted molar refractivity (Wildman–Crippen MR) is 84.1 cm³/mol. The van der Waals surface area contributed by atoms with Crippen LogP contribution in [0.4, 0.5) is 0 Å². The number of ether oxygens (including phenoxy) is 2. The number of hydrogen-bond donors (Lipinski definition) is 0. The van der Waals surface area contributed by atoms with E-state index in [1.807, 2.05) is 38.3 Å². The van der Waals surface area contributed by atoms with Gasteiger partial charge in [0.15, 0.2) is 5.65 Å². The van der Waals surface area contributed by atoms with Gasteiger partial charge in [-0.3, -0.25) is 0 Å². The van der Waals surface area contributed by atoms with Crippen LogP contribution in [0.25, 0.3) is 11.2 Å². The summed E-state index contributed by atoms with van der Waals surface area (Å²) >= 11 is 6.28. The molecule has 2 rings (SSSR count). The van der Waals surface area contributed by atoms with Crippen molar-refractivity contribution in [3.05, 3.63) is 18.0 Å². The first-order chi connectivity index (χ1) is 9.88. The van der Waals surface area contributed by atoms with Crippen molar-refractivity contribution in [2.75, 3.05) is 13.7 Å². The second kappa shape index (κ2) is 6.20. The first-order valence-corrected chi connectivity index (χ1v) is 7.51. The Hall–Kier alpha value is -1.33. The average Bonchev–Trinajstić information content (AvgIpc) is 2.76. The molecule has 2 heterocycles. The molecule has 0 aliphatic rings. The van der Waals surface area contributed by atoms with Gasteiger partial charge in [0.05, 0.1) is 24.6 Å². The summed E-state index contributed by atoms with van der Waals surface area (Å²) in [5.74, 6) is 1.35. The Kier molecular flexibility index (Phi) is 4.74. The van der Waals surface area contributed by atoms with Crippen LogP contribution in [0.15, 0.2) is 12.1 Å². The van der Waals surface area contributed by atoms with Crippen LogP contribution in [0.1, 0.15) is 38.9 Å². The van der Waals surface area contributed by atoms with Crippen molar-refractivity contribution in [2.24, 2.45) is 0 Å². The average molecular weight is 312 g/mol. The van der Waals surface area contributed by atoms with Gasteiger partial charge in [-0.05, 0) is 33.8 Å². The smallest absolute Gasteiger partial charge is 0.215 e. The van der Waals surface area contributed by atoms with Gasteiger partial charge in [-0.1, -0.05) is 0 Å². The molecule has 0 fully saturated rings. The molecule has 0 aliphatic heterocycles. The standard InChI is InChI=1S/C15H22ClN3O2/c1-6-21-15(3,4)9-19-13(10(2)16)17-11-7-8-12(20-5)18-14(11)19/h7-8,10H,6,9H2,1-5H3. The van der Waals surface area contributed by atoms with E-state index in [1.165, 1.54) is 0 Å². The van der Waals surface area contributed by atoms with Crippen molar-refractivity contribution in [3.63, 3.8) is 0 Å². The fourth-order valence-electron chi connectivity index (χ4n) is 2.39. The molecule has 0 aliphatic carbocycles. The lowest BCUT2D eigenvalue weighted by molar-refractivity contribution is -0.0222. The van der Waals surface area contributed by atoms with Gasteiger partial charge < -0.3 is 14.0 Å². The summed E-state index contributed by atoms with van der Waals surface area (Å²) in [5.41, 5.74) is 1.25. The molecule has 0 saturated heterocycles. The van der Waals surface area contributed by atoms with E-state index >= 15 is 0 Å². The van der Waals surface area contributed by atoms with Gasteiger partial charge in [-0.15, -0.1) is 11.6 Å². The van der Waals surface area contributed by atoms with Gasteiger partial charge in [-0.25, -0.2) is 4.98 Å². The predicted octanol–water partition coefficient (Wildman–Crippen LogP) is 3.55. The third-order valence-electron chi connectivity index (χ3n) is 3.24. The molecule has 2 aromatic heterocycles. The van der Waals surface area contributed by atoms with Crippen molar-refractivity contribution in [2.45, 2.75) is 45.2 Å². The van der Waals surface area contributed by atoms with Gasteiger partial charge in [0, 0.05) is 12.7 Å². The maximum absolute atomic E-state index is 6.28. The van der Waals surface area contributed by atoms with Crippen LogP contribution in [0.5, 0.6) is 5.88 Å². The zero-order valence-electron chi connectivity index (χ0n) is 13.2. The second-order valence-electron chi connectivity index (χ2n) is 5.56. The first kappa shape index (κ1) is 16.0. The number of methoxy groups -OCH3 is 1. The molecule has 0 N–H and O–H groups in total. The highest BCUT2D eigenvalue weighted by molar-refractivity contribution is 6.20. The summed E-state index contributed by atoms with van der Waals surface area (Å²) in [5, 5.41) is -0.206. The van der Waals surface area contributed by atoms with E-state index in [0.29, 0.717) is 19.0 Å². The topological polar surface area (TPSA) is 49.2 Å². The molecule has 0 amide bonds. The van der Waals surface area contributed by atoms with Gasteiger partial charge in [0.2, 0.25) is 5.88 Å². The molecule has 0 bridgehead atoms. The number of pyridine rings is 1. The highest BCUT2D eigenvalue weighted by Crippen LogP contribution is 2.27. The van der Waals surface area contributed by atoms with Crippen molar-refractivity contribution in [3.8, 4) is 5.88 Å². The Bertz CT molecular complexity index is 623. The molecule has 1 unspecified atom stereocenters. The van der Waals surface area contributed by atoms with Crippen LogP contribution in [0, 0.1) is 0 Å². The lowest BCUT2D eigenvalue weighted by Crippen LogP contribution is -2.31. The van der Waals surface area contributed by atoms with Crippen LogP contribution < -0.4 is 4.74 Å². The quantitative estimate of drug-likeness (QED) is 0.765. The molecule has 1 atom stereocenters. The number of alkyl halides is 1. The minimum atomic E-state index is -0.326. The summed E-state index contributed by atoms with van der Waals surface area (Å²) < 4.78 is 13.0. The lowest BCUT2D eigenvalue weighted by atomic mass is 10.1. The fraction of sp³-hybridized carbons (Fsp3) is 0.600. The number of fused-ring (bicyclic) bond motifs is 1. The monoisotopic (exact) mass is 311 g/mol. The van der Waals surface area contributed by atoms with Crippen molar-refractivity contribution in [1.29, 1.82) is 0 Å². The Labute approximate surface area is 130 Å². The number of halogens is 1. The Morgan fingerprint density at radius 3 is 2.62 bits per heavy atom. The van der Waals surface area contributed by atoms with Crippen LogP contribution in [0.3, 0.4) is 0 Å². The van der Waals surface area contributed by atoms with E-state index in [1.54, 1.807) is 13.2 Å². The van der Waals surface area contributed by atoms with Gasteiger partial charge in [0.25, 0.3) is 0 Å². The summed E-state index contributed by atoms with van der Waals surface area (Å²) in [4.78, 5) is 9.09. The fourth-order valence-corrected chi connectivity index (χ4v) is 2.56. The maximum Gasteiger partial charge on any atom is 0.215 e. The minimum absolute atomic E-state index is 0.206. The normalized spacial score (nSPS) is 13.6. The highest BCUT2D eigenvalue weighted by atomic mass is 35.5. The molecule has 6 heteroatoms.